The van der Waals surface area contributed by atoms with Gasteiger partial charge < -0.3 is 43.2 Å². The van der Waals surface area contributed by atoms with Crippen LogP contribution in [0.15, 0.2) is 35.5 Å². The van der Waals surface area contributed by atoms with E-state index in [9.17, 15) is 24.3 Å². The lowest BCUT2D eigenvalue weighted by Gasteiger charge is -2.26. The minimum absolute atomic E-state index is 0.0469. The highest BCUT2D eigenvalue weighted by atomic mass is 32.2. The molecule has 0 aliphatic rings. The summed E-state index contributed by atoms with van der Waals surface area (Å²) in [6, 6.07) is 3.38. The number of carbonyl (C=O) groups is 4. The molecule has 0 saturated carbocycles. The van der Waals surface area contributed by atoms with Crippen LogP contribution in [0.2, 0.25) is 0 Å². The van der Waals surface area contributed by atoms with Crippen molar-refractivity contribution < 1.29 is 24.3 Å². The first-order valence-corrected chi connectivity index (χ1v) is 15.4. The maximum atomic E-state index is 13.4. The number of para-hydroxylation sites is 1. The number of nitrogens with two attached hydrogens (primary N) is 3. The fourth-order valence-corrected chi connectivity index (χ4v) is 4.79. The van der Waals surface area contributed by atoms with Gasteiger partial charge in [-0.15, -0.1) is 0 Å². The van der Waals surface area contributed by atoms with Gasteiger partial charge in [-0.05, 0) is 48.8 Å². The minimum Gasteiger partial charge on any atom is -0.480 e. The Balaban J connectivity index is 2.19. The maximum Gasteiger partial charge on any atom is 0.326 e. The number of carbonyl (C=O) groups excluding carboxylic acids is 3. The average molecular weight is 605 g/mol. The van der Waals surface area contributed by atoms with E-state index < -0.39 is 47.9 Å². The zero-order chi connectivity index (χ0) is 31.2. The number of carboxylic acid groups (broad SMARTS) is 1. The lowest BCUT2D eigenvalue weighted by molar-refractivity contribution is -0.142. The number of aliphatic carboxylic acids is 1. The normalized spacial score (nSPS) is 14.7. The van der Waals surface area contributed by atoms with E-state index in [4.69, 9.17) is 17.2 Å². The van der Waals surface area contributed by atoms with E-state index in [1.165, 1.54) is 11.8 Å². The fraction of sp³-hybridized carbons (Fsp3) is 0.536. The number of fused-ring (bicyclic) bond motifs is 1. The van der Waals surface area contributed by atoms with Crippen LogP contribution in [0.4, 0.5) is 0 Å². The van der Waals surface area contributed by atoms with Crippen molar-refractivity contribution in [3.8, 4) is 0 Å². The van der Waals surface area contributed by atoms with Crippen LogP contribution in [-0.4, -0.2) is 82.5 Å². The van der Waals surface area contributed by atoms with Crippen molar-refractivity contribution >= 4 is 52.3 Å². The molecule has 232 valence electrons. The van der Waals surface area contributed by atoms with Crippen LogP contribution >= 0.6 is 11.8 Å². The molecule has 5 unspecified atom stereocenters. The molecule has 0 spiro atoms. The first-order valence-electron chi connectivity index (χ1n) is 14.0. The summed E-state index contributed by atoms with van der Waals surface area (Å²) in [6.07, 6.45) is 5.12. The molecule has 0 fully saturated rings. The van der Waals surface area contributed by atoms with E-state index in [0.717, 1.165) is 16.5 Å². The molecule has 13 nitrogen and oxygen atoms in total. The van der Waals surface area contributed by atoms with Crippen molar-refractivity contribution in [1.82, 2.24) is 20.9 Å². The van der Waals surface area contributed by atoms with Crippen molar-refractivity contribution in [2.45, 2.75) is 70.1 Å². The van der Waals surface area contributed by atoms with Gasteiger partial charge in [-0.2, -0.15) is 11.8 Å². The molecular weight excluding hydrogens is 560 g/mol. The van der Waals surface area contributed by atoms with Gasteiger partial charge in [0.05, 0.1) is 6.04 Å². The highest BCUT2D eigenvalue weighted by Crippen LogP contribution is 2.19. The number of carboxylic acids is 1. The molecule has 11 N–H and O–H groups in total. The third-order valence-electron chi connectivity index (χ3n) is 7.10. The number of guanidine groups is 1. The zero-order valence-electron chi connectivity index (χ0n) is 24.4. The Morgan fingerprint density at radius 3 is 2.24 bits per heavy atom. The zero-order valence-corrected chi connectivity index (χ0v) is 25.2. The van der Waals surface area contributed by atoms with Gasteiger partial charge in [0.1, 0.15) is 18.1 Å². The lowest BCUT2D eigenvalue weighted by Crippen LogP contribution is -2.57. The van der Waals surface area contributed by atoms with Crippen LogP contribution in [0.1, 0.15) is 45.1 Å². The van der Waals surface area contributed by atoms with Gasteiger partial charge in [-0.3, -0.25) is 19.4 Å². The number of benzene rings is 1. The molecule has 5 atom stereocenters. The van der Waals surface area contributed by atoms with Gasteiger partial charge in [0.25, 0.3) is 0 Å². The molecule has 1 aromatic heterocycles. The molecule has 2 aromatic rings. The summed E-state index contributed by atoms with van der Waals surface area (Å²) in [5.74, 6) is -2.58. The molecule has 2 rings (SSSR count). The number of aromatic amines is 1. The Morgan fingerprint density at radius 1 is 1.00 bits per heavy atom. The quantitative estimate of drug-likeness (QED) is 0.0669. The second-order valence-electron chi connectivity index (χ2n) is 10.2. The standard InChI is InChI=1S/C28H44N8O5S/c1-4-16(2)23(29)26(39)35-20(10-7-12-32-28(30)31)24(37)34-21(11-13-42-3)25(38)36-22(27(40)41)14-17-15-33-19-9-6-5-8-18(17)19/h5-6,8-9,15-16,20-23,33H,4,7,10-14,29H2,1-3H3,(H,34,37)(H,35,39)(H,36,38)(H,40,41)(H4,30,31,32). The number of aliphatic imine (C=N–C) groups is 1. The molecule has 0 aliphatic heterocycles. The smallest absolute Gasteiger partial charge is 0.326 e. The number of thioether (sulfide) groups is 1. The SMILES string of the molecule is CCC(C)C(N)C(=O)NC(CCCN=C(N)N)C(=O)NC(CCSC)C(=O)NC(Cc1c[nH]c2ccccc12)C(=O)O. The summed E-state index contributed by atoms with van der Waals surface area (Å²) in [4.78, 5) is 58.7. The predicted molar refractivity (Wildman–Crippen MR) is 166 cm³/mol. The van der Waals surface area contributed by atoms with Crippen molar-refractivity contribution in [3.05, 3.63) is 36.0 Å². The first kappa shape index (κ1) is 34.4. The number of H-pyrrole nitrogens is 1. The largest absolute Gasteiger partial charge is 0.480 e. The predicted octanol–water partition coefficient (Wildman–Crippen LogP) is 0.430. The minimum atomic E-state index is -1.23. The number of amides is 3. The molecular formula is C28H44N8O5S. The Hall–Kier alpha value is -3.78. The molecule has 0 saturated heterocycles. The first-order chi connectivity index (χ1) is 20.0. The summed E-state index contributed by atoms with van der Waals surface area (Å²) in [5, 5.41) is 18.8. The molecule has 0 bridgehead atoms. The molecule has 42 heavy (non-hydrogen) atoms. The van der Waals surface area contributed by atoms with Crippen molar-refractivity contribution in [3.63, 3.8) is 0 Å². The number of hydrogen-bond donors (Lipinski definition) is 8. The van der Waals surface area contributed by atoms with Crippen LogP contribution in [0.25, 0.3) is 10.9 Å². The van der Waals surface area contributed by atoms with E-state index in [1.807, 2.05) is 44.4 Å². The lowest BCUT2D eigenvalue weighted by atomic mass is 9.98. The summed E-state index contributed by atoms with van der Waals surface area (Å²) in [5.41, 5.74) is 18.4. The molecule has 3 amide bonds. The van der Waals surface area contributed by atoms with E-state index >= 15 is 0 Å². The highest BCUT2D eigenvalue weighted by Gasteiger charge is 2.31. The second kappa shape index (κ2) is 17.2. The Morgan fingerprint density at radius 2 is 1.62 bits per heavy atom. The Kier molecular flexibility index (Phi) is 14.1. The van der Waals surface area contributed by atoms with Crippen LogP contribution in [0.3, 0.4) is 0 Å². The monoisotopic (exact) mass is 604 g/mol. The summed E-state index contributed by atoms with van der Waals surface area (Å²) >= 11 is 1.48. The fourth-order valence-electron chi connectivity index (χ4n) is 4.32. The molecule has 0 aliphatic carbocycles. The molecule has 1 aromatic carbocycles. The van der Waals surface area contributed by atoms with Gasteiger partial charge >= 0.3 is 5.97 Å². The van der Waals surface area contributed by atoms with Crippen molar-refractivity contribution in [2.24, 2.45) is 28.1 Å². The average Bonchev–Trinajstić information content (AvgIpc) is 3.37. The number of rotatable bonds is 18. The van der Waals surface area contributed by atoms with Gasteiger partial charge in [0.2, 0.25) is 17.7 Å². The number of hydrogen-bond acceptors (Lipinski definition) is 7. The third-order valence-corrected chi connectivity index (χ3v) is 7.74. The van der Waals surface area contributed by atoms with Crippen LogP contribution in [0.5, 0.6) is 0 Å². The van der Waals surface area contributed by atoms with Crippen LogP contribution in [-0.2, 0) is 25.6 Å². The van der Waals surface area contributed by atoms with E-state index in [1.54, 1.807) is 6.20 Å². The van der Waals surface area contributed by atoms with E-state index in [0.29, 0.717) is 18.6 Å². The van der Waals surface area contributed by atoms with Crippen LogP contribution < -0.4 is 33.2 Å². The third kappa shape index (κ3) is 10.6. The molecule has 1 heterocycles. The summed E-state index contributed by atoms with van der Waals surface area (Å²) in [7, 11) is 0. The van der Waals surface area contributed by atoms with E-state index in [-0.39, 0.29) is 37.7 Å². The second-order valence-corrected chi connectivity index (χ2v) is 11.2. The maximum absolute atomic E-state index is 13.4. The molecule has 0 radical (unpaired) electrons. The van der Waals surface area contributed by atoms with Crippen molar-refractivity contribution in [1.29, 1.82) is 0 Å². The summed E-state index contributed by atoms with van der Waals surface area (Å²) in [6.45, 7) is 4.00. The highest BCUT2D eigenvalue weighted by molar-refractivity contribution is 7.98. The van der Waals surface area contributed by atoms with E-state index in [2.05, 4.69) is 25.9 Å². The Labute approximate surface area is 250 Å². The number of aromatic nitrogens is 1. The van der Waals surface area contributed by atoms with Crippen LogP contribution in [0, 0.1) is 5.92 Å². The van der Waals surface area contributed by atoms with Gasteiger partial charge in [0.15, 0.2) is 5.96 Å². The Bertz CT molecular complexity index is 1230. The molecule has 14 heteroatoms. The van der Waals surface area contributed by atoms with Gasteiger partial charge in [0, 0.05) is 30.1 Å². The topological polar surface area (TPSA) is 231 Å². The van der Waals surface area contributed by atoms with Crippen molar-refractivity contribution in [2.75, 3.05) is 18.6 Å². The van der Waals surface area contributed by atoms with Gasteiger partial charge in [-0.1, -0.05) is 38.5 Å². The number of nitrogens with one attached hydrogen (secondary N) is 4. The van der Waals surface area contributed by atoms with Gasteiger partial charge in [-0.25, -0.2) is 4.79 Å². The summed E-state index contributed by atoms with van der Waals surface area (Å²) < 4.78 is 0. The number of nitrogens with zero attached hydrogens (tertiary/aromatic N) is 1.